The minimum absolute atomic E-state index is 0.312. The van der Waals surface area contributed by atoms with Gasteiger partial charge in [-0.2, -0.15) is 8.42 Å². The molecule has 0 aliphatic rings. The van der Waals surface area contributed by atoms with Crippen LogP contribution in [0.4, 0.5) is 0 Å². The van der Waals surface area contributed by atoms with Crippen LogP contribution < -0.4 is 0 Å². The molecule has 0 aliphatic heterocycles. The van der Waals surface area contributed by atoms with Crippen LogP contribution in [-0.4, -0.2) is 37.5 Å². The van der Waals surface area contributed by atoms with Crippen molar-refractivity contribution in [3.8, 4) is 0 Å². The molecule has 0 radical (unpaired) electrons. The zero-order valence-electron chi connectivity index (χ0n) is 11.3. The van der Waals surface area contributed by atoms with Crippen LogP contribution in [0.1, 0.15) is 26.3 Å². The topological polar surface area (TPSA) is 57.6 Å². The molecule has 0 saturated carbocycles. The first kappa shape index (κ1) is 17.1. The van der Waals surface area contributed by atoms with E-state index < -0.39 is 10.1 Å². The van der Waals surface area contributed by atoms with Crippen LogP contribution in [0.25, 0.3) is 0 Å². The van der Waals surface area contributed by atoms with E-state index in [1.165, 1.54) is 19.6 Å². The second kappa shape index (κ2) is 9.08. The molecule has 0 unspecified atom stereocenters. The number of nitrogens with zero attached hydrogens (tertiary/aromatic N) is 1. The van der Waals surface area contributed by atoms with Crippen LogP contribution in [0.15, 0.2) is 30.3 Å². The SMILES string of the molecule is CCN(CC)CC.O=S(=O)(O)Cc1ccccc1. The maximum atomic E-state index is 10.4. The van der Waals surface area contributed by atoms with Crippen LogP contribution in [0, 0.1) is 0 Å². The molecule has 18 heavy (non-hydrogen) atoms. The molecule has 0 heterocycles. The Labute approximate surface area is 110 Å². The zero-order chi connectivity index (χ0) is 14.0. The fourth-order valence-electron chi connectivity index (χ4n) is 1.46. The Kier molecular flexibility index (Phi) is 8.62. The smallest absolute Gasteiger partial charge is 0.269 e. The van der Waals surface area contributed by atoms with Crippen molar-refractivity contribution in [1.29, 1.82) is 0 Å². The van der Waals surface area contributed by atoms with Gasteiger partial charge in [-0.05, 0) is 25.2 Å². The summed E-state index contributed by atoms with van der Waals surface area (Å²) in [4.78, 5) is 2.38. The number of rotatable bonds is 5. The molecule has 1 aromatic carbocycles. The lowest BCUT2D eigenvalue weighted by Crippen LogP contribution is -2.21. The van der Waals surface area contributed by atoms with Gasteiger partial charge in [0, 0.05) is 0 Å². The van der Waals surface area contributed by atoms with Crippen molar-refractivity contribution in [2.45, 2.75) is 26.5 Å². The van der Waals surface area contributed by atoms with Gasteiger partial charge < -0.3 is 4.90 Å². The van der Waals surface area contributed by atoms with Crippen molar-refractivity contribution in [3.05, 3.63) is 35.9 Å². The molecular weight excluding hydrogens is 250 g/mol. The monoisotopic (exact) mass is 273 g/mol. The van der Waals surface area contributed by atoms with E-state index in [9.17, 15) is 8.42 Å². The van der Waals surface area contributed by atoms with Gasteiger partial charge in [0.25, 0.3) is 10.1 Å². The molecule has 104 valence electrons. The van der Waals surface area contributed by atoms with E-state index in [1.54, 1.807) is 30.3 Å². The highest BCUT2D eigenvalue weighted by Gasteiger charge is 2.04. The largest absolute Gasteiger partial charge is 0.304 e. The van der Waals surface area contributed by atoms with Crippen molar-refractivity contribution >= 4 is 10.1 Å². The summed E-state index contributed by atoms with van der Waals surface area (Å²) in [7, 11) is -3.88. The van der Waals surface area contributed by atoms with E-state index in [0.29, 0.717) is 5.56 Å². The predicted molar refractivity (Wildman–Crippen MR) is 75.2 cm³/mol. The van der Waals surface area contributed by atoms with E-state index in [-0.39, 0.29) is 5.75 Å². The third-order valence-electron chi connectivity index (χ3n) is 2.53. The minimum atomic E-state index is -3.88. The van der Waals surface area contributed by atoms with E-state index in [0.717, 1.165) is 0 Å². The average Bonchev–Trinajstić information content (AvgIpc) is 2.31. The molecule has 0 atom stereocenters. The summed E-state index contributed by atoms with van der Waals surface area (Å²) in [6.45, 7) is 10.1. The Morgan fingerprint density at radius 2 is 1.44 bits per heavy atom. The molecule has 0 spiro atoms. The average molecular weight is 273 g/mol. The molecule has 4 nitrogen and oxygen atoms in total. The molecular formula is C13H23NO3S. The molecule has 0 bridgehead atoms. The normalized spacial score (nSPS) is 10.9. The van der Waals surface area contributed by atoms with E-state index in [4.69, 9.17) is 4.55 Å². The number of hydrogen-bond donors (Lipinski definition) is 1. The Balaban J connectivity index is 0.000000360. The fraction of sp³-hybridized carbons (Fsp3) is 0.538. The molecule has 0 amide bonds. The molecule has 1 N–H and O–H groups in total. The van der Waals surface area contributed by atoms with Crippen molar-refractivity contribution in [1.82, 2.24) is 4.90 Å². The standard InChI is InChI=1S/C7H8O3S.C6H15N/c8-11(9,10)6-7-4-2-1-3-5-7;1-4-7(5-2)6-3/h1-5H,6H2,(H,8,9,10);4-6H2,1-3H3. The van der Waals surface area contributed by atoms with Crippen LogP contribution in [0.5, 0.6) is 0 Å². The summed E-state index contributed by atoms with van der Waals surface area (Å²) < 4.78 is 29.2. The van der Waals surface area contributed by atoms with Gasteiger partial charge in [0.1, 0.15) is 5.75 Å². The molecule has 0 aliphatic carbocycles. The summed E-state index contributed by atoms with van der Waals surface area (Å²) in [5.41, 5.74) is 0.593. The van der Waals surface area contributed by atoms with Gasteiger partial charge in [-0.25, -0.2) is 0 Å². The Morgan fingerprint density at radius 3 is 1.72 bits per heavy atom. The van der Waals surface area contributed by atoms with Crippen LogP contribution in [0.2, 0.25) is 0 Å². The lowest BCUT2D eigenvalue weighted by atomic mass is 10.2. The van der Waals surface area contributed by atoms with Crippen molar-refractivity contribution in [3.63, 3.8) is 0 Å². The summed E-state index contributed by atoms with van der Waals surface area (Å²) >= 11 is 0. The second-order valence-corrected chi connectivity index (χ2v) is 5.28. The molecule has 0 saturated heterocycles. The molecule has 1 rings (SSSR count). The third-order valence-corrected chi connectivity index (χ3v) is 3.23. The fourth-order valence-corrected chi connectivity index (χ4v) is 2.07. The first-order valence-electron chi connectivity index (χ1n) is 6.14. The molecule has 1 aromatic rings. The first-order chi connectivity index (χ1) is 8.42. The Morgan fingerprint density at radius 1 is 1.00 bits per heavy atom. The lowest BCUT2D eigenvalue weighted by Gasteiger charge is -2.13. The number of hydrogen-bond acceptors (Lipinski definition) is 3. The Bertz CT molecular complexity index is 394. The summed E-state index contributed by atoms with van der Waals surface area (Å²) in [5.74, 6) is -0.312. The van der Waals surface area contributed by atoms with Crippen LogP contribution in [-0.2, 0) is 15.9 Å². The van der Waals surface area contributed by atoms with Crippen molar-refractivity contribution in [2.75, 3.05) is 19.6 Å². The van der Waals surface area contributed by atoms with Gasteiger partial charge in [-0.3, -0.25) is 4.55 Å². The van der Waals surface area contributed by atoms with Gasteiger partial charge in [-0.15, -0.1) is 0 Å². The third kappa shape index (κ3) is 9.15. The van der Waals surface area contributed by atoms with E-state index >= 15 is 0 Å². The zero-order valence-corrected chi connectivity index (χ0v) is 12.2. The first-order valence-corrected chi connectivity index (χ1v) is 7.75. The predicted octanol–water partition coefficient (Wildman–Crippen LogP) is 2.42. The maximum absolute atomic E-state index is 10.4. The van der Waals surface area contributed by atoms with E-state index in [2.05, 4.69) is 25.7 Å². The summed E-state index contributed by atoms with van der Waals surface area (Å²) in [6, 6.07) is 8.52. The summed E-state index contributed by atoms with van der Waals surface area (Å²) in [5, 5.41) is 0. The van der Waals surface area contributed by atoms with Gasteiger partial charge in [0.05, 0.1) is 0 Å². The minimum Gasteiger partial charge on any atom is -0.304 e. The number of benzene rings is 1. The summed E-state index contributed by atoms with van der Waals surface area (Å²) in [6.07, 6.45) is 0. The Hall–Kier alpha value is -0.910. The molecule has 0 fully saturated rings. The highest BCUT2D eigenvalue weighted by Crippen LogP contribution is 2.02. The van der Waals surface area contributed by atoms with Crippen molar-refractivity contribution < 1.29 is 13.0 Å². The van der Waals surface area contributed by atoms with Crippen molar-refractivity contribution in [2.24, 2.45) is 0 Å². The molecule has 0 aromatic heterocycles. The van der Waals surface area contributed by atoms with Crippen LogP contribution >= 0.6 is 0 Å². The highest BCUT2D eigenvalue weighted by molar-refractivity contribution is 7.85. The lowest BCUT2D eigenvalue weighted by molar-refractivity contribution is 0.321. The highest BCUT2D eigenvalue weighted by atomic mass is 32.2. The van der Waals surface area contributed by atoms with Crippen LogP contribution in [0.3, 0.4) is 0 Å². The van der Waals surface area contributed by atoms with Gasteiger partial charge in [0.2, 0.25) is 0 Å². The maximum Gasteiger partial charge on any atom is 0.269 e. The van der Waals surface area contributed by atoms with Gasteiger partial charge >= 0.3 is 0 Å². The van der Waals surface area contributed by atoms with Gasteiger partial charge in [-0.1, -0.05) is 51.1 Å². The quantitative estimate of drug-likeness (QED) is 0.837. The molecule has 5 heteroatoms. The van der Waals surface area contributed by atoms with Gasteiger partial charge in [0.15, 0.2) is 0 Å². The second-order valence-electron chi connectivity index (χ2n) is 3.83. The van der Waals surface area contributed by atoms with E-state index in [1.807, 2.05) is 0 Å².